The Kier molecular flexibility index (Phi) is 4.76. The maximum atomic E-state index is 11.4. The van der Waals surface area contributed by atoms with Gasteiger partial charge in [-0.15, -0.1) is 0 Å². The van der Waals surface area contributed by atoms with Crippen LogP contribution in [0.15, 0.2) is 6.20 Å². The normalized spacial score (nSPS) is 15.3. The predicted molar refractivity (Wildman–Crippen MR) is 79.7 cm³/mol. The molecule has 1 fully saturated rings. The van der Waals surface area contributed by atoms with Crippen LogP contribution in [0.25, 0.3) is 0 Å². The number of carbonyl (C=O) groups excluding carboxylic acids is 1. The average molecular weight is 277 g/mol. The Labute approximate surface area is 119 Å². The number of nitrogens with zero attached hydrogens (tertiary/aromatic N) is 3. The van der Waals surface area contributed by atoms with Gasteiger partial charge in [0.1, 0.15) is 5.82 Å². The van der Waals surface area contributed by atoms with E-state index in [2.05, 4.69) is 15.3 Å². The number of rotatable bonds is 6. The molecule has 0 aromatic carbocycles. The molecule has 0 unspecified atom stereocenters. The van der Waals surface area contributed by atoms with Crippen molar-refractivity contribution < 1.29 is 4.79 Å². The minimum absolute atomic E-state index is 0.216. The first-order valence-electron chi connectivity index (χ1n) is 7.24. The Morgan fingerprint density at radius 1 is 1.50 bits per heavy atom. The van der Waals surface area contributed by atoms with E-state index >= 15 is 0 Å². The SMILES string of the molecule is CCNc1ncc(C)c(N(CC(N)=O)C2CCCC2)n1. The molecule has 0 saturated heterocycles. The van der Waals surface area contributed by atoms with E-state index in [1.54, 1.807) is 6.20 Å². The molecule has 1 aromatic rings. The summed E-state index contributed by atoms with van der Waals surface area (Å²) in [5.74, 6) is 1.10. The fourth-order valence-corrected chi connectivity index (χ4v) is 2.73. The van der Waals surface area contributed by atoms with Gasteiger partial charge in [0.05, 0.1) is 6.54 Å². The number of hydrogen-bond donors (Lipinski definition) is 2. The van der Waals surface area contributed by atoms with Gasteiger partial charge in [-0.05, 0) is 26.7 Å². The van der Waals surface area contributed by atoms with Crippen molar-refractivity contribution in [3.63, 3.8) is 0 Å². The third-order valence-corrected chi connectivity index (χ3v) is 3.64. The van der Waals surface area contributed by atoms with Gasteiger partial charge in [0.15, 0.2) is 0 Å². The molecule has 6 nitrogen and oxygen atoms in total. The lowest BCUT2D eigenvalue weighted by Gasteiger charge is -2.30. The summed E-state index contributed by atoms with van der Waals surface area (Å²) in [5, 5.41) is 3.11. The van der Waals surface area contributed by atoms with Crippen LogP contribution in [-0.2, 0) is 4.79 Å². The highest BCUT2D eigenvalue weighted by atomic mass is 16.1. The second-order valence-electron chi connectivity index (χ2n) is 5.26. The topological polar surface area (TPSA) is 84.1 Å². The van der Waals surface area contributed by atoms with Crippen LogP contribution in [-0.4, -0.2) is 35.0 Å². The van der Waals surface area contributed by atoms with Gasteiger partial charge >= 0.3 is 0 Å². The van der Waals surface area contributed by atoms with Crippen LogP contribution >= 0.6 is 0 Å². The first kappa shape index (κ1) is 14.6. The third-order valence-electron chi connectivity index (χ3n) is 3.64. The average Bonchev–Trinajstić information content (AvgIpc) is 2.92. The molecule has 0 radical (unpaired) electrons. The molecule has 0 aliphatic heterocycles. The molecule has 2 rings (SSSR count). The summed E-state index contributed by atoms with van der Waals surface area (Å²) in [6, 6.07) is 0.352. The molecule has 0 spiro atoms. The summed E-state index contributed by atoms with van der Waals surface area (Å²) in [6.07, 6.45) is 6.37. The van der Waals surface area contributed by atoms with Crippen molar-refractivity contribution in [2.45, 2.75) is 45.6 Å². The van der Waals surface area contributed by atoms with Gasteiger partial charge in [-0.1, -0.05) is 12.8 Å². The first-order chi connectivity index (χ1) is 9.61. The van der Waals surface area contributed by atoms with E-state index in [1.165, 1.54) is 12.8 Å². The molecule has 1 aromatic heterocycles. The van der Waals surface area contributed by atoms with Gasteiger partial charge < -0.3 is 16.0 Å². The molecule has 1 heterocycles. The van der Waals surface area contributed by atoms with Gasteiger partial charge in [0.2, 0.25) is 11.9 Å². The zero-order valence-corrected chi connectivity index (χ0v) is 12.2. The van der Waals surface area contributed by atoms with Crippen LogP contribution in [0.3, 0.4) is 0 Å². The van der Waals surface area contributed by atoms with Crippen LogP contribution in [0.4, 0.5) is 11.8 Å². The molecule has 3 N–H and O–H groups in total. The van der Waals surface area contributed by atoms with Crippen molar-refractivity contribution in [3.05, 3.63) is 11.8 Å². The molecule has 1 aliphatic rings. The third kappa shape index (κ3) is 3.37. The summed E-state index contributed by atoms with van der Waals surface area (Å²) >= 11 is 0. The van der Waals surface area contributed by atoms with Gasteiger partial charge in [-0.3, -0.25) is 4.79 Å². The Balaban J connectivity index is 2.30. The smallest absolute Gasteiger partial charge is 0.237 e. The lowest BCUT2D eigenvalue weighted by molar-refractivity contribution is -0.116. The zero-order valence-electron chi connectivity index (χ0n) is 12.2. The van der Waals surface area contributed by atoms with E-state index < -0.39 is 0 Å². The number of hydrogen-bond acceptors (Lipinski definition) is 5. The fourth-order valence-electron chi connectivity index (χ4n) is 2.73. The van der Waals surface area contributed by atoms with E-state index in [0.717, 1.165) is 30.8 Å². The standard InChI is InChI=1S/C14H23N5O/c1-3-16-14-17-8-10(2)13(18-14)19(9-12(15)20)11-6-4-5-7-11/h8,11H,3-7,9H2,1-2H3,(H2,15,20)(H,16,17,18). The number of primary amides is 1. The van der Waals surface area contributed by atoms with Gasteiger partial charge in [0, 0.05) is 24.3 Å². The van der Waals surface area contributed by atoms with Crippen LogP contribution in [0.5, 0.6) is 0 Å². The Morgan fingerprint density at radius 2 is 2.20 bits per heavy atom. The van der Waals surface area contributed by atoms with Crippen molar-refractivity contribution in [1.29, 1.82) is 0 Å². The molecule has 110 valence electrons. The zero-order chi connectivity index (χ0) is 14.5. The molecule has 0 bridgehead atoms. The van der Waals surface area contributed by atoms with Crippen LogP contribution in [0.2, 0.25) is 0 Å². The van der Waals surface area contributed by atoms with Gasteiger partial charge in [-0.25, -0.2) is 4.98 Å². The Morgan fingerprint density at radius 3 is 2.80 bits per heavy atom. The molecule has 1 amide bonds. The van der Waals surface area contributed by atoms with Crippen molar-refractivity contribution in [2.75, 3.05) is 23.3 Å². The second kappa shape index (κ2) is 6.54. The maximum Gasteiger partial charge on any atom is 0.237 e. The molecule has 1 aliphatic carbocycles. The highest BCUT2D eigenvalue weighted by Crippen LogP contribution is 2.29. The molecular weight excluding hydrogens is 254 g/mol. The lowest BCUT2D eigenvalue weighted by atomic mass is 10.2. The summed E-state index contributed by atoms with van der Waals surface area (Å²) in [6.45, 7) is 4.95. The Bertz CT molecular complexity index is 471. The van der Waals surface area contributed by atoms with Crippen molar-refractivity contribution in [1.82, 2.24) is 9.97 Å². The van der Waals surface area contributed by atoms with Crippen LogP contribution in [0, 0.1) is 6.92 Å². The molecule has 1 saturated carbocycles. The number of nitrogens with one attached hydrogen (secondary N) is 1. The summed E-state index contributed by atoms with van der Waals surface area (Å²) < 4.78 is 0. The minimum Gasteiger partial charge on any atom is -0.368 e. The highest BCUT2D eigenvalue weighted by Gasteiger charge is 2.26. The lowest BCUT2D eigenvalue weighted by Crippen LogP contribution is -2.41. The molecular formula is C14H23N5O. The number of carbonyl (C=O) groups is 1. The van der Waals surface area contributed by atoms with Gasteiger partial charge in [0.25, 0.3) is 0 Å². The largest absolute Gasteiger partial charge is 0.368 e. The number of aryl methyl sites for hydroxylation is 1. The molecule has 20 heavy (non-hydrogen) atoms. The van der Waals surface area contributed by atoms with Crippen molar-refractivity contribution in [3.8, 4) is 0 Å². The number of aromatic nitrogens is 2. The summed E-state index contributed by atoms with van der Waals surface area (Å²) in [7, 11) is 0. The summed E-state index contributed by atoms with van der Waals surface area (Å²) in [5.41, 5.74) is 6.38. The van der Waals surface area contributed by atoms with E-state index in [1.807, 2.05) is 18.7 Å². The summed E-state index contributed by atoms with van der Waals surface area (Å²) in [4.78, 5) is 22.2. The monoisotopic (exact) mass is 277 g/mol. The van der Waals surface area contributed by atoms with Crippen LogP contribution < -0.4 is 16.0 Å². The van der Waals surface area contributed by atoms with E-state index in [-0.39, 0.29) is 12.5 Å². The van der Waals surface area contributed by atoms with Crippen LogP contribution in [0.1, 0.15) is 38.2 Å². The van der Waals surface area contributed by atoms with Crippen molar-refractivity contribution >= 4 is 17.7 Å². The molecule has 6 heteroatoms. The Hall–Kier alpha value is -1.85. The number of anilines is 2. The van der Waals surface area contributed by atoms with Crippen molar-refractivity contribution in [2.24, 2.45) is 5.73 Å². The minimum atomic E-state index is -0.320. The van der Waals surface area contributed by atoms with E-state index in [0.29, 0.717) is 12.0 Å². The predicted octanol–water partition coefficient (Wildman–Crippen LogP) is 1.45. The van der Waals surface area contributed by atoms with E-state index in [9.17, 15) is 4.79 Å². The highest BCUT2D eigenvalue weighted by molar-refractivity contribution is 5.79. The fraction of sp³-hybridized carbons (Fsp3) is 0.643. The quantitative estimate of drug-likeness (QED) is 0.822. The number of amides is 1. The second-order valence-corrected chi connectivity index (χ2v) is 5.26. The van der Waals surface area contributed by atoms with E-state index in [4.69, 9.17) is 5.73 Å². The maximum absolute atomic E-state index is 11.4. The first-order valence-corrected chi connectivity index (χ1v) is 7.24. The van der Waals surface area contributed by atoms with Gasteiger partial charge in [-0.2, -0.15) is 4.98 Å². The number of nitrogens with two attached hydrogens (primary N) is 1. The molecule has 0 atom stereocenters.